The molecular weight excluding hydrogens is 268 g/mol. The van der Waals surface area contributed by atoms with E-state index < -0.39 is 0 Å². The maximum absolute atomic E-state index is 11.5. The number of amides is 1. The van der Waals surface area contributed by atoms with Crippen LogP contribution in [0.4, 0.5) is 0 Å². The summed E-state index contributed by atoms with van der Waals surface area (Å²) in [6, 6.07) is 3.93. The Kier molecular flexibility index (Phi) is 6.19. The van der Waals surface area contributed by atoms with Gasteiger partial charge in [-0.2, -0.15) is 0 Å². The van der Waals surface area contributed by atoms with E-state index in [9.17, 15) is 9.59 Å². The van der Waals surface area contributed by atoms with Crippen LogP contribution in [0.1, 0.15) is 37.7 Å². The summed E-state index contributed by atoms with van der Waals surface area (Å²) < 4.78 is 5.16. The van der Waals surface area contributed by atoms with Gasteiger partial charge in [0.1, 0.15) is 0 Å². The largest absolute Gasteiger partial charge is 0.466 e. The molecule has 0 spiro atoms. The molecule has 0 atom stereocenters. The maximum atomic E-state index is 11.5. The highest BCUT2D eigenvalue weighted by molar-refractivity contribution is 5.80. The number of nitrogens with zero attached hydrogens (tertiary/aromatic N) is 1. The number of hydrogen-bond acceptors (Lipinski definition) is 4. The SMILES string of the molecule is O=C(CCCNC(=O)C1CC1)OCCCc1ccncc1. The van der Waals surface area contributed by atoms with Crippen LogP contribution in [0.25, 0.3) is 0 Å². The Labute approximate surface area is 125 Å². The molecule has 0 saturated heterocycles. The maximum Gasteiger partial charge on any atom is 0.305 e. The van der Waals surface area contributed by atoms with Gasteiger partial charge in [0.15, 0.2) is 0 Å². The summed E-state index contributed by atoms with van der Waals surface area (Å²) in [5.74, 6) is 0.163. The first kappa shape index (κ1) is 15.5. The molecule has 1 aliphatic carbocycles. The number of aryl methyl sites for hydroxylation is 1. The van der Waals surface area contributed by atoms with Crippen molar-refractivity contribution in [3.63, 3.8) is 0 Å². The molecule has 0 bridgehead atoms. The quantitative estimate of drug-likeness (QED) is 0.557. The van der Waals surface area contributed by atoms with Crippen LogP contribution in [0.5, 0.6) is 0 Å². The molecule has 1 fully saturated rings. The monoisotopic (exact) mass is 290 g/mol. The normalized spacial score (nSPS) is 13.7. The minimum atomic E-state index is -0.189. The van der Waals surface area contributed by atoms with Gasteiger partial charge in [0, 0.05) is 31.3 Å². The second-order valence-corrected chi connectivity index (χ2v) is 5.35. The van der Waals surface area contributed by atoms with Crippen LogP contribution in [0, 0.1) is 5.92 Å². The van der Waals surface area contributed by atoms with Gasteiger partial charge in [-0.15, -0.1) is 0 Å². The Morgan fingerprint density at radius 1 is 1.24 bits per heavy atom. The number of carbonyl (C=O) groups is 2. The molecule has 2 rings (SSSR count). The highest BCUT2D eigenvalue weighted by atomic mass is 16.5. The van der Waals surface area contributed by atoms with Crippen molar-refractivity contribution in [3.05, 3.63) is 30.1 Å². The first-order valence-electron chi connectivity index (χ1n) is 7.58. The summed E-state index contributed by atoms with van der Waals surface area (Å²) in [7, 11) is 0. The first-order valence-corrected chi connectivity index (χ1v) is 7.58. The molecule has 5 heteroatoms. The number of nitrogens with one attached hydrogen (secondary N) is 1. The number of aromatic nitrogens is 1. The lowest BCUT2D eigenvalue weighted by Gasteiger charge is -2.06. The van der Waals surface area contributed by atoms with Crippen LogP contribution >= 0.6 is 0 Å². The van der Waals surface area contributed by atoms with E-state index in [1.807, 2.05) is 12.1 Å². The minimum absolute atomic E-state index is 0.126. The lowest BCUT2D eigenvalue weighted by molar-refractivity contribution is -0.144. The van der Waals surface area contributed by atoms with Crippen molar-refractivity contribution in [2.75, 3.05) is 13.2 Å². The lowest BCUT2D eigenvalue weighted by atomic mass is 10.1. The van der Waals surface area contributed by atoms with Gasteiger partial charge >= 0.3 is 5.97 Å². The summed E-state index contributed by atoms with van der Waals surface area (Å²) in [6.07, 6.45) is 8.23. The van der Waals surface area contributed by atoms with Gasteiger partial charge in [-0.3, -0.25) is 14.6 Å². The van der Waals surface area contributed by atoms with Crippen LogP contribution in [0.15, 0.2) is 24.5 Å². The van der Waals surface area contributed by atoms with Gasteiger partial charge < -0.3 is 10.1 Å². The van der Waals surface area contributed by atoms with Gasteiger partial charge in [0.05, 0.1) is 6.61 Å². The van der Waals surface area contributed by atoms with E-state index in [-0.39, 0.29) is 17.8 Å². The third-order valence-electron chi connectivity index (χ3n) is 3.43. The molecule has 0 aliphatic heterocycles. The van der Waals surface area contributed by atoms with E-state index in [1.54, 1.807) is 12.4 Å². The zero-order chi connectivity index (χ0) is 14.9. The van der Waals surface area contributed by atoms with E-state index in [4.69, 9.17) is 4.74 Å². The minimum Gasteiger partial charge on any atom is -0.466 e. The van der Waals surface area contributed by atoms with Gasteiger partial charge in [-0.05, 0) is 49.8 Å². The summed E-state index contributed by atoms with van der Waals surface area (Å²) in [5, 5.41) is 2.84. The molecule has 1 saturated carbocycles. The van der Waals surface area contributed by atoms with Gasteiger partial charge in [0.2, 0.25) is 5.91 Å². The molecule has 1 aliphatic rings. The lowest BCUT2D eigenvalue weighted by Crippen LogP contribution is -2.26. The van der Waals surface area contributed by atoms with Crippen LogP contribution in [-0.4, -0.2) is 30.0 Å². The number of rotatable bonds is 9. The number of esters is 1. The smallest absolute Gasteiger partial charge is 0.305 e. The highest BCUT2D eigenvalue weighted by Crippen LogP contribution is 2.28. The third-order valence-corrected chi connectivity index (χ3v) is 3.43. The fraction of sp³-hybridized carbons (Fsp3) is 0.562. The van der Waals surface area contributed by atoms with Crippen molar-refractivity contribution in [2.45, 2.75) is 38.5 Å². The highest BCUT2D eigenvalue weighted by Gasteiger charge is 2.28. The predicted molar refractivity (Wildman–Crippen MR) is 78.5 cm³/mol. The Bertz CT molecular complexity index is 458. The molecule has 1 aromatic heterocycles. The number of hydrogen-bond donors (Lipinski definition) is 1. The molecular formula is C16H22N2O3. The van der Waals surface area contributed by atoms with Gasteiger partial charge in [0.25, 0.3) is 0 Å². The summed E-state index contributed by atoms with van der Waals surface area (Å²) in [4.78, 5) is 26.8. The van der Waals surface area contributed by atoms with Gasteiger partial charge in [-0.1, -0.05) is 0 Å². The molecule has 114 valence electrons. The molecule has 5 nitrogen and oxygen atoms in total. The molecule has 1 aromatic rings. The Morgan fingerprint density at radius 2 is 2.00 bits per heavy atom. The molecule has 1 heterocycles. The molecule has 1 amide bonds. The second-order valence-electron chi connectivity index (χ2n) is 5.35. The number of pyridine rings is 1. The number of ether oxygens (including phenoxy) is 1. The van der Waals surface area contributed by atoms with E-state index in [0.717, 1.165) is 25.7 Å². The summed E-state index contributed by atoms with van der Waals surface area (Å²) in [5.41, 5.74) is 1.20. The zero-order valence-corrected chi connectivity index (χ0v) is 12.2. The average molecular weight is 290 g/mol. The molecule has 0 radical (unpaired) electrons. The first-order chi connectivity index (χ1) is 10.3. The zero-order valence-electron chi connectivity index (χ0n) is 12.2. The van der Waals surface area contributed by atoms with Crippen LogP contribution in [-0.2, 0) is 20.7 Å². The average Bonchev–Trinajstić information content (AvgIpc) is 3.34. The molecule has 0 aromatic carbocycles. The predicted octanol–water partition coefficient (Wildman–Crippen LogP) is 1.86. The third kappa shape index (κ3) is 6.38. The summed E-state index contributed by atoms with van der Waals surface area (Å²) >= 11 is 0. The summed E-state index contributed by atoms with van der Waals surface area (Å²) in [6.45, 7) is 0.997. The van der Waals surface area contributed by atoms with E-state index >= 15 is 0 Å². The van der Waals surface area contributed by atoms with Crippen molar-refractivity contribution < 1.29 is 14.3 Å². The van der Waals surface area contributed by atoms with E-state index in [0.29, 0.717) is 26.0 Å². The molecule has 21 heavy (non-hydrogen) atoms. The number of carbonyl (C=O) groups excluding carboxylic acids is 2. The topological polar surface area (TPSA) is 68.3 Å². The van der Waals surface area contributed by atoms with E-state index in [2.05, 4.69) is 10.3 Å². The fourth-order valence-electron chi connectivity index (χ4n) is 2.02. The fourth-order valence-corrected chi connectivity index (χ4v) is 2.02. The second kappa shape index (κ2) is 8.39. The van der Waals surface area contributed by atoms with E-state index in [1.165, 1.54) is 5.56 Å². The Hall–Kier alpha value is -1.91. The van der Waals surface area contributed by atoms with Gasteiger partial charge in [-0.25, -0.2) is 0 Å². The van der Waals surface area contributed by atoms with Crippen molar-refractivity contribution in [2.24, 2.45) is 5.92 Å². The van der Waals surface area contributed by atoms with Crippen LogP contribution < -0.4 is 5.32 Å². The van der Waals surface area contributed by atoms with Crippen molar-refractivity contribution in [1.29, 1.82) is 0 Å². The van der Waals surface area contributed by atoms with Crippen molar-refractivity contribution >= 4 is 11.9 Å². The Balaban J connectivity index is 1.45. The van der Waals surface area contributed by atoms with Crippen LogP contribution in [0.2, 0.25) is 0 Å². The molecule has 0 unspecified atom stereocenters. The standard InChI is InChI=1S/C16H22N2O3/c19-15(4-1-9-18-16(20)14-5-6-14)21-12-2-3-13-7-10-17-11-8-13/h7-8,10-11,14H,1-6,9,12H2,(H,18,20). The molecule has 1 N–H and O–H groups in total. The van der Waals surface area contributed by atoms with Crippen molar-refractivity contribution in [1.82, 2.24) is 10.3 Å². The van der Waals surface area contributed by atoms with Crippen molar-refractivity contribution in [3.8, 4) is 0 Å². The Morgan fingerprint density at radius 3 is 2.71 bits per heavy atom. The van der Waals surface area contributed by atoms with Crippen LogP contribution in [0.3, 0.4) is 0 Å².